The quantitative estimate of drug-likeness (QED) is 0.137. The number of hydrogen-bond acceptors (Lipinski definition) is 7. The molecule has 0 saturated carbocycles. The molecule has 5 heterocycles. The number of nitrogens with zero attached hydrogens (tertiary/aromatic N) is 6. The lowest BCUT2D eigenvalue weighted by Gasteiger charge is -2.36. The van der Waals surface area contributed by atoms with E-state index in [0.29, 0.717) is 65.8 Å². The standard InChI is InChI=1S/C41H37BrClFN6O2/c42-33-21-34-35-37(36(33)43)51-20-19-48(38(35)47-39(46-34)52-27-40-17-10-18-49(40)26-32(44)22-40)24-28-23-45-50(25-28)41(29-11-4-1-5-12-29,30-13-6-2-7-14-30)31-15-8-3-9-16-31/h1-9,11-16,21,23,25,32H,10,17-20,22,24,26-27H2/t32-,40+/m1/s1. The van der Waals surface area contributed by atoms with Gasteiger partial charge in [-0.15, -0.1) is 0 Å². The maximum atomic E-state index is 14.6. The largest absolute Gasteiger partial charge is 0.489 e. The lowest BCUT2D eigenvalue weighted by Crippen LogP contribution is -2.43. The fourth-order valence-corrected chi connectivity index (χ4v) is 9.14. The summed E-state index contributed by atoms with van der Waals surface area (Å²) < 4.78 is 30.0. The van der Waals surface area contributed by atoms with E-state index >= 15 is 0 Å². The molecule has 0 radical (unpaired) electrons. The number of fused-ring (bicyclic) bond motifs is 1. The molecule has 6 aromatic rings. The number of alkyl halides is 1. The Kier molecular flexibility index (Phi) is 8.64. The highest BCUT2D eigenvalue weighted by molar-refractivity contribution is 9.10. The number of rotatable bonds is 9. The maximum Gasteiger partial charge on any atom is 0.319 e. The van der Waals surface area contributed by atoms with E-state index in [1.54, 1.807) is 0 Å². The Balaban J connectivity index is 1.12. The van der Waals surface area contributed by atoms with Gasteiger partial charge in [0.1, 0.15) is 30.7 Å². The molecule has 3 aliphatic rings. The van der Waals surface area contributed by atoms with E-state index in [4.69, 9.17) is 36.1 Å². The van der Waals surface area contributed by atoms with Crippen LogP contribution in [0.2, 0.25) is 5.02 Å². The fourth-order valence-electron chi connectivity index (χ4n) is 8.54. The summed E-state index contributed by atoms with van der Waals surface area (Å²) in [5.41, 5.74) is 3.89. The number of aromatic nitrogens is 4. The first-order valence-electron chi connectivity index (χ1n) is 17.7. The first-order valence-corrected chi connectivity index (χ1v) is 18.9. The topological polar surface area (TPSA) is 68.5 Å². The third-order valence-corrected chi connectivity index (χ3v) is 12.1. The van der Waals surface area contributed by atoms with Crippen molar-refractivity contribution in [1.82, 2.24) is 24.6 Å². The zero-order chi connectivity index (χ0) is 35.3. The van der Waals surface area contributed by atoms with Crippen molar-refractivity contribution in [2.24, 2.45) is 0 Å². The van der Waals surface area contributed by atoms with Crippen molar-refractivity contribution >= 4 is 44.3 Å². The normalized spacial score (nSPS) is 20.1. The number of ether oxygens (including phenoxy) is 2. The van der Waals surface area contributed by atoms with Crippen LogP contribution in [0.3, 0.4) is 0 Å². The van der Waals surface area contributed by atoms with E-state index in [1.807, 2.05) is 30.5 Å². The minimum absolute atomic E-state index is 0.255. The van der Waals surface area contributed by atoms with Crippen molar-refractivity contribution in [2.75, 3.05) is 37.7 Å². The van der Waals surface area contributed by atoms with Crippen LogP contribution in [0.25, 0.3) is 10.9 Å². The smallest absolute Gasteiger partial charge is 0.319 e. The predicted octanol–water partition coefficient (Wildman–Crippen LogP) is 8.44. The van der Waals surface area contributed by atoms with Gasteiger partial charge in [-0.05, 0) is 58.1 Å². The summed E-state index contributed by atoms with van der Waals surface area (Å²) in [6.07, 6.45) is 5.63. The molecular formula is C41H37BrClFN6O2. The molecule has 52 heavy (non-hydrogen) atoms. The lowest BCUT2D eigenvalue weighted by atomic mass is 9.77. The summed E-state index contributed by atoms with van der Waals surface area (Å²) in [5.74, 6) is 1.21. The van der Waals surface area contributed by atoms with E-state index in [0.717, 1.165) is 47.0 Å². The summed E-state index contributed by atoms with van der Waals surface area (Å²) in [5, 5.41) is 6.29. The van der Waals surface area contributed by atoms with Crippen molar-refractivity contribution in [3.63, 3.8) is 0 Å². The van der Waals surface area contributed by atoms with Crippen molar-refractivity contribution in [1.29, 1.82) is 0 Å². The maximum absolute atomic E-state index is 14.6. The second-order valence-corrected chi connectivity index (χ2v) is 15.2. The van der Waals surface area contributed by atoms with Crippen LogP contribution in [0.5, 0.6) is 11.8 Å². The Morgan fingerprint density at radius 1 is 0.942 bits per heavy atom. The van der Waals surface area contributed by atoms with Crippen LogP contribution >= 0.6 is 27.5 Å². The molecule has 0 amide bonds. The van der Waals surface area contributed by atoms with Gasteiger partial charge in [0.25, 0.3) is 0 Å². The van der Waals surface area contributed by atoms with Gasteiger partial charge in [-0.1, -0.05) is 103 Å². The van der Waals surface area contributed by atoms with Crippen LogP contribution in [-0.2, 0) is 12.1 Å². The van der Waals surface area contributed by atoms with Crippen molar-refractivity contribution in [2.45, 2.75) is 43.1 Å². The van der Waals surface area contributed by atoms with Crippen molar-refractivity contribution in [3.05, 3.63) is 141 Å². The molecule has 2 atom stereocenters. The van der Waals surface area contributed by atoms with Crippen LogP contribution < -0.4 is 14.4 Å². The number of hydrogen-bond donors (Lipinski definition) is 0. The van der Waals surface area contributed by atoms with Gasteiger partial charge >= 0.3 is 6.01 Å². The fraction of sp³-hybridized carbons (Fsp3) is 0.293. The van der Waals surface area contributed by atoms with Crippen LogP contribution in [0.15, 0.2) is 114 Å². The molecule has 11 heteroatoms. The Hall–Kier alpha value is -4.51. The van der Waals surface area contributed by atoms with Gasteiger partial charge in [-0.25, -0.2) is 4.39 Å². The zero-order valence-corrected chi connectivity index (χ0v) is 30.8. The zero-order valence-electron chi connectivity index (χ0n) is 28.5. The van der Waals surface area contributed by atoms with Crippen molar-refractivity contribution in [3.8, 4) is 11.8 Å². The first kappa shape index (κ1) is 33.3. The summed E-state index contributed by atoms with van der Waals surface area (Å²) in [6, 6.07) is 33.7. The van der Waals surface area contributed by atoms with Crippen molar-refractivity contribution < 1.29 is 13.9 Å². The van der Waals surface area contributed by atoms with Gasteiger partial charge in [0.15, 0.2) is 5.75 Å². The monoisotopic (exact) mass is 778 g/mol. The first-order chi connectivity index (χ1) is 25.4. The third kappa shape index (κ3) is 5.63. The molecule has 8 nitrogen and oxygen atoms in total. The number of anilines is 1. The Morgan fingerprint density at radius 2 is 1.62 bits per heavy atom. The highest BCUT2D eigenvalue weighted by Gasteiger charge is 2.49. The minimum atomic E-state index is -0.843. The van der Waals surface area contributed by atoms with E-state index in [9.17, 15) is 4.39 Å². The van der Waals surface area contributed by atoms with Crippen LogP contribution in [-0.4, -0.2) is 69.2 Å². The van der Waals surface area contributed by atoms with Gasteiger partial charge in [0.05, 0.1) is 34.2 Å². The molecule has 2 saturated heterocycles. The molecule has 2 aromatic heterocycles. The van der Waals surface area contributed by atoms with Crippen LogP contribution in [0.1, 0.15) is 41.5 Å². The average Bonchev–Trinajstić information content (AvgIpc) is 3.84. The highest BCUT2D eigenvalue weighted by Crippen LogP contribution is 2.46. The number of halogens is 3. The molecule has 0 N–H and O–H groups in total. The molecule has 0 bridgehead atoms. The minimum Gasteiger partial charge on any atom is -0.489 e. The van der Waals surface area contributed by atoms with Crippen LogP contribution in [0.4, 0.5) is 10.2 Å². The Labute approximate surface area is 315 Å². The van der Waals surface area contributed by atoms with Gasteiger partial charge in [0.2, 0.25) is 0 Å². The molecular weight excluding hydrogens is 743 g/mol. The second kappa shape index (κ2) is 13.5. The molecule has 0 unspecified atom stereocenters. The molecule has 0 spiro atoms. The molecule has 264 valence electrons. The molecule has 2 fully saturated rings. The summed E-state index contributed by atoms with van der Waals surface area (Å²) >= 11 is 10.4. The summed E-state index contributed by atoms with van der Waals surface area (Å²) in [4.78, 5) is 14.3. The highest BCUT2D eigenvalue weighted by atomic mass is 79.9. The van der Waals surface area contributed by atoms with E-state index in [2.05, 4.69) is 109 Å². The SMILES string of the molecule is F[C@H]1CN2CCC[C@@]2(COc2nc3c4c(c(Cl)c(Br)cc4n2)OCCN3Cc2cnn(C(c3ccccc3)(c3ccccc3)c3ccccc3)c2)C1. The molecule has 4 aromatic carbocycles. The lowest BCUT2D eigenvalue weighted by molar-refractivity contribution is 0.107. The summed E-state index contributed by atoms with van der Waals surface area (Å²) in [7, 11) is 0. The van der Waals surface area contributed by atoms with E-state index in [-0.39, 0.29) is 11.5 Å². The van der Waals surface area contributed by atoms with Gasteiger partial charge in [-0.2, -0.15) is 15.1 Å². The second-order valence-electron chi connectivity index (χ2n) is 14.0. The molecule has 0 aliphatic carbocycles. The van der Waals surface area contributed by atoms with Crippen LogP contribution in [0, 0.1) is 0 Å². The average molecular weight is 780 g/mol. The van der Waals surface area contributed by atoms with E-state index < -0.39 is 11.7 Å². The number of benzene rings is 4. The van der Waals surface area contributed by atoms with Gasteiger partial charge in [-0.3, -0.25) is 9.58 Å². The Bertz CT molecular complexity index is 2130. The van der Waals surface area contributed by atoms with Gasteiger partial charge in [0, 0.05) is 35.7 Å². The third-order valence-electron chi connectivity index (χ3n) is 10.9. The molecule has 3 aliphatic heterocycles. The van der Waals surface area contributed by atoms with Gasteiger partial charge < -0.3 is 14.4 Å². The predicted molar refractivity (Wildman–Crippen MR) is 204 cm³/mol. The Morgan fingerprint density at radius 3 is 2.29 bits per heavy atom. The molecule has 9 rings (SSSR count). The van der Waals surface area contributed by atoms with E-state index in [1.165, 1.54) is 0 Å². The summed E-state index contributed by atoms with van der Waals surface area (Å²) in [6.45, 7) is 3.12.